The van der Waals surface area contributed by atoms with Crippen molar-refractivity contribution in [2.75, 3.05) is 12.0 Å². The lowest BCUT2D eigenvalue weighted by atomic mass is 10.1. The lowest BCUT2D eigenvalue weighted by molar-refractivity contribution is 0.467. The molecule has 0 radical (unpaired) electrons. The minimum absolute atomic E-state index is 0.437. The van der Waals surface area contributed by atoms with Gasteiger partial charge >= 0.3 is 0 Å². The van der Waals surface area contributed by atoms with E-state index in [9.17, 15) is 5.11 Å². The van der Waals surface area contributed by atoms with Crippen LogP contribution in [0.2, 0.25) is 0 Å². The molecule has 1 rings (SSSR count). The maximum absolute atomic E-state index is 9.53. The van der Waals surface area contributed by atoms with Gasteiger partial charge in [-0.2, -0.15) is 11.8 Å². The van der Waals surface area contributed by atoms with Crippen LogP contribution in [0.1, 0.15) is 17.5 Å². The molecule has 1 aromatic rings. The fourth-order valence-corrected chi connectivity index (χ4v) is 1.75. The molecule has 2 heteroatoms. The third-order valence-electron chi connectivity index (χ3n) is 2.03. The Morgan fingerprint density at radius 3 is 2.85 bits per heavy atom. The van der Waals surface area contributed by atoms with E-state index < -0.39 is 0 Å². The highest BCUT2D eigenvalue weighted by Gasteiger charge is 2.00. The van der Waals surface area contributed by atoms with E-state index >= 15 is 0 Å². The second-order valence-corrected chi connectivity index (χ2v) is 4.21. The Morgan fingerprint density at radius 1 is 1.38 bits per heavy atom. The number of thioether (sulfide) groups is 1. The highest BCUT2D eigenvalue weighted by molar-refractivity contribution is 7.98. The van der Waals surface area contributed by atoms with E-state index in [0.29, 0.717) is 5.75 Å². The van der Waals surface area contributed by atoms with Crippen molar-refractivity contribution < 1.29 is 5.11 Å². The Kier molecular flexibility index (Phi) is 4.16. The molecule has 0 aliphatic rings. The highest BCUT2D eigenvalue weighted by atomic mass is 32.2. The van der Waals surface area contributed by atoms with Crippen molar-refractivity contribution in [1.82, 2.24) is 0 Å². The Labute approximate surface area is 84.2 Å². The van der Waals surface area contributed by atoms with Crippen LogP contribution in [0.5, 0.6) is 5.75 Å². The first-order chi connectivity index (χ1) is 6.24. The molecular weight excluding hydrogens is 180 g/mol. The summed E-state index contributed by atoms with van der Waals surface area (Å²) in [7, 11) is 0. The third kappa shape index (κ3) is 3.31. The van der Waals surface area contributed by atoms with Crippen LogP contribution in [0.3, 0.4) is 0 Å². The molecule has 0 spiro atoms. The van der Waals surface area contributed by atoms with Crippen molar-refractivity contribution in [2.24, 2.45) is 0 Å². The Hall–Kier alpha value is -0.630. The smallest absolute Gasteiger partial charge is 0.118 e. The Bertz CT molecular complexity index is 271. The zero-order chi connectivity index (χ0) is 9.68. The minimum atomic E-state index is 0.437. The molecule has 1 aromatic carbocycles. The molecule has 0 aliphatic heterocycles. The molecule has 1 N–H and O–H groups in total. The van der Waals surface area contributed by atoms with Crippen LogP contribution in [0.15, 0.2) is 18.2 Å². The van der Waals surface area contributed by atoms with E-state index in [1.807, 2.05) is 17.8 Å². The summed E-state index contributed by atoms with van der Waals surface area (Å²) in [6.45, 7) is 2.05. The van der Waals surface area contributed by atoms with Crippen LogP contribution in [0.4, 0.5) is 0 Å². The van der Waals surface area contributed by atoms with Crippen LogP contribution >= 0.6 is 11.8 Å². The van der Waals surface area contributed by atoms with Gasteiger partial charge in [0.25, 0.3) is 0 Å². The van der Waals surface area contributed by atoms with E-state index in [0.717, 1.165) is 24.2 Å². The second-order valence-electron chi connectivity index (χ2n) is 3.23. The molecule has 13 heavy (non-hydrogen) atoms. The van der Waals surface area contributed by atoms with Gasteiger partial charge in [-0.05, 0) is 43.4 Å². The van der Waals surface area contributed by atoms with Gasteiger partial charge in [0.05, 0.1) is 0 Å². The number of aromatic hydroxyl groups is 1. The monoisotopic (exact) mass is 196 g/mol. The molecule has 0 saturated carbocycles. The molecule has 0 heterocycles. The summed E-state index contributed by atoms with van der Waals surface area (Å²) in [5.74, 6) is 1.60. The van der Waals surface area contributed by atoms with Crippen LogP contribution in [-0.2, 0) is 6.42 Å². The highest BCUT2D eigenvalue weighted by Crippen LogP contribution is 2.20. The summed E-state index contributed by atoms with van der Waals surface area (Å²) >= 11 is 1.85. The van der Waals surface area contributed by atoms with E-state index in [1.54, 1.807) is 6.07 Å². The number of benzene rings is 1. The van der Waals surface area contributed by atoms with Crippen LogP contribution < -0.4 is 0 Å². The van der Waals surface area contributed by atoms with E-state index in [2.05, 4.69) is 19.2 Å². The molecule has 0 atom stereocenters. The van der Waals surface area contributed by atoms with Crippen molar-refractivity contribution in [3.05, 3.63) is 29.3 Å². The van der Waals surface area contributed by atoms with E-state index in [1.165, 1.54) is 5.56 Å². The maximum atomic E-state index is 9.53. The molecule has 72 valence electrons. The van der Waals surface area contributed by atoms with Crippen molar-refractivity contribution in [1.29, 1.82) is 0 Å². The van der Waals surface area contributed by atoms with Crippen LogP contribution in [0.25, 0.3) is 0 Å². The molecule has 0 aromatic heterocycles. The van der Waals surface area contributed by atoms with Gasteiger partial charge in [0.1, 0.15) is 5.75 Å². The molecule has 0 amide bonds. The molecule has 0 bridgehead atoms. The quantitative estimate of drug-likeness (QED) is 0.747. The van der Waals surface area contributed by atoms with Gasteiger partial charge in [-0.3, -0.25) is 0 Å². The number of aryl methyl sites for hydroxylation is 2. The first kappa shape index (κ1) is 10.5. The number of hydrogen-bond donors (Lipinski definition) is 1. The van der Waals surface area contributed by atoms with E-state index in [4.69, 9.17) is 0 Å². The molecule has 0 saturated heterocycles. The van der Waals surface area contributed by atoms with Crippen molar-refractivity contribution in [2.45, 2.75) is 19.8 Å². The molecule has 0 unspecified atom stereocenters. The molecule has 0 fully saturated rings. The molecular formula is C11H16OS. The summed E-state index contributed by atoms with van der Waals surface area (Å²) < 4.78 is 0. The Balaban J connectivity index is 2.59. The predicted molar refractivity (Wildman–Crippen MR) is 59.5 cm³/mol. The number of phenols is 1. The molecule has 0 aliphatic carbocycles. The third-order valence-corrected chi connectivity index (χ3v) is 2.73. The zero-order valence-corrected chi connectivity index (χ0v) is 9.03. The van der Waals surface area contributed by atoms with E-state index in [-0.39, 0.29) is 0 Å². The predicted octanol–water partition coefficient (Wildman–Crippen LogP) is 3.00. The average Bonchev–Trinajstić information content (AvgIpc) is 2.11. The van der Waals surface area contributed by atoms with Gasteiger partial charge in [0.2, 0.25) is 0 Å². The standard InChI is InChI=1S/C11H16OS/c1-9-5-6-11(12)10(8-9)4-3-7-13-2/h5-6,8,12H,3-4,7H2,1-2H3. The van der Waals surface area contributed by atoms with Gasteiger partial charge < -0.3 is 5.11 Å². The lowest BCUT2D eigenvalue weighted by Crippen LogP contribution is -1.89. The topological polar surface area (TPSA) is 20.2 Å². The van der Waals surface area contributed by atoms with Gasteiger partial charge in [-0.15, -0.1) is 0 Å². The van der Waals surface area contributed by atoms with Crippen molar-refractivity contribution >= 4 is 11.8 Å². The maximum Gasteiger partial charge on any atom is 0.118 e. The minimum Gasteiger partial charge on any atom is -0.508 e. The second kappa shape index (κ2) is 5.18. The van der Waals surface area contributed by atoms with Gasteiger partial charge in [0.15, 0.2) is 0 Å². The summed E-state index contributed by atoms with van der Waals surface area (Å²) in [4.78, 5) is 0. The SMILES string of the molecule is CSCCCc1cc(C)ccc1O. The first-order valence-electron chi connectivity index (χ1n) is 4.51. The number of rotatable bonds is 4. The average molecular weight is 196 g/mol. The lowest BCUT2D eigenvalue weighted by Gasteiger charge is -2.04. The fourth-order valence-electron chi connectivity index (χ4n) is 1.32. The summed E-state index contributed by atoms with van der Waals surface area (Å²) in [6.07, 6.45) is 4.22. The van der Waals surface area contributed by atoms with Gasteiger partial charge in [-0.25, -0.2) is 0 Å². The van der Waals surface area contributed by atoms with Crippen molar-refractivity contribution in [3.8, 4) is 5.75 Å². The van der Waals surface area contributed by atoms with Crippen LogP contribution in [-0.4, -0.2) is 17.1 Å². The normalized spacial score (nSPS) is 10.3. The Morgan fingerprint density at radius 2 is 2.15 bits per heavy atom. The van der Waals surface area contributed by atoms with Gasteiger partial charge in [0, 0.05) is 0 Å². The summed E-state index contributed by atoms with van der Waals surface area (Å²) in [5.41, 5.74) is 2.30. The van der Waals surface area contributed by atoms with Crippen LogP contribution in [0, 0.1) is 6.92 Å². The van der Waals surface area contributed by atoms with Crippen molar-refractivity contribution in [3.63, 3.8) is 0 Å². The molecule has 1 nitrogen and oxygen atoms in total. The fraction of sp³-hybridized carbons (Fsp3) is 0.455. The summed E-state index contributed by atoms with van der Waals surface area (Å²) in [6, 6.07) is 5.78. The summed E-state index contributed by atoms with van der Waals surface area (Å²) in [5, 5.41) is 9.53. The first-order valence-corrected chi connectivity index (χ1v) is 5.91. The number of hydrogen-bond acceptors (Lipinski definition) is 2. The number of phenolic OH excluding ortho intramolecular Hbond substituents is 1. The van der Waals surface area contributed by atoms with Gasteiger partial charge in [-0.1, -0.05) is 17.7 Å². The largest absolute Gasteiger partial charge is 0.508 e. The zero-order valence-electron chi connectivity index (χ0n) is 8.21.